The van der Waals surface area contributed by atoms with Gasteiger partial charge in [-0.15, -0.1) is 0 Å². The Hall–Kier alpha value is -1.05. The van der Waals surface area contributed by atoms with Crippen molar-refractivity contribution in [3.8, 4) is 11.5 Å². The van der Waals surface area contributed by atoms with Gasteiger partial charge in [-0.05, 0) is 30.7 Å². The molecule has 0 aromatic heterocycles. The van der Waals surface area contributed by atoms with Crippen LogP contribution in [0.4, 0.5) is 0 Å². The molecule has 1 aliphatic heterocycles. The molecule has 1 heterocycles. The monoisotopic (exact) mass is 373 g/mol. The number of thioether (sulfide) groups is 1. The molecule has 0 radical (unpaired) electrons. The van der Waals surface area contributed by atoms with Crippen molar-refractivity contribution < 1.29 is 14.3 Å². The van der Waals surface area contributed by atoms with Crippen LogP contribution in [0, 0.1) is 0 Å². The zero-order valence-corrected chi connectivity index (χ0v) is 14.1. The maximum Gasteiger partial charge on any atom is 0.263 e. The fourth-order valence-corrected chi connectivity index (χ4v) is 3.12. The number of amides is 1. The van der Waals surface area contributed by atoms with Crippen molar-refractivity contribution in [1.82, 2.24) is 5.32 Å². The first-order valence-electron chi connectivity index (χ1n) is 5.80. The van der Waals surface area contributed by atoms with Gasteiger partial charge in [-0.2, -0.15) is 0 Å². The summed E-state index contributed by atoms with van der Waals surface area (Å²) in [5.74, 6) is 1.09. The maximum absolute atomic E-state index is 11.7. The van der Waals surface area contributed by atoms with Crippen LogP contribution in [-0.4, -0.2) is 23.9 Å². The van der Waals surface area contributed by atoms with Crippen molar-refractivity contribution >= 4 is 56.2 Å². The summed E-state index contributed by atoms with van der Waals surface area (Å²) in [6.07, 6.45) is 1.77. The predicted octanol–water partition coefficient (Wildman–Crippen LogP) is 3.35. The molecule has 1 aliphatic rings. The van der Waals surface area contributed by atoms with Gasteiger partial charge in [0.1, 0.15) is 4.32 Å². The Kier molecular flexibility index (Phi) is 5.06. The molecule has 0 spiro atoms. The van der Waals surface area contributed by atoms with Crippen molar-refractivity contribution in [2.24, 2.45) is 0 Å². The molecule has 1 amide bonds. The van der Waals surface area contributed by atoms with E-state index in [-0.39, 0.29) is 5.91 Å². The number of benzene rings is 1. The Morgan fingerprint density at radius 3 is 2.75 bits per heavy atom. The largest absolute Gasteiger partial charge is 0.493 e. The van der Waals surface area contributed by atoms with Crippen LogP contribution >= 0.6 is 39.9 Å². The molecule has 1 aromatic carbocycles. The molecule has 0 atom stereocenters. The first-order chi connectivity index (χ1) is 9.55. The summed E-state index contributed by atoms with van der Waals surface area (Å²) in [5.41, 5.74) is 0.827. The first kappa shape index (κ1) is 15.3. The molecule has 1 N–H and O–H groups in total. The summed E-state index contributed by atoms with van der Waals surface area (Å²) in [4.78, 5) is 12.2. The molecule has 1 saturated heterocycles. The van der Waals surface area contributed by atoms with E-state index in [1.807, 2.05) is 19.1 Å². The number of methoxy groups -OCH3 is 1. The molecule has 0 unspecified atom stereocenters. The second-order valence-electron chi connectivity index (χ2n) is 3.81. The second-order valence-corrected chi connectivity index (χ2v) is 6.38. The summed E-state index contributed by atoms with van der Waals surface area (Å²) < 4.78 is 12.1. The van der Waals surface area contributed by atoms with Gasteiger partial charge in [0.25, 0.3) is 5.91 Å². The van der Waals surface area contributed by atoms with Crippen LogP contribution in [0.15, 0.2) is 21.5 Å². The van der Waals surface area contributed by atoms with Gasteiger partial charge in [0.15, 0.2) is 11.5 Å². The Labute approximate surface area is 135 Å². The Balaban J connectivity index is 2.40. The number of ether oxygens (including phenoxy) is 2. The number of carbonyl (C=O) groups excluding carboxylic acids is 1. The molecule has 0 saturated carbocycles. The van der Waals surface area contributed by atoms with E-state index >= 15 is 0 Å². The number of halogens is 1. The summed E-state index contributed by atoms with van der Waals surface area (Å²) in [7, 11) is 1.58. The van der Waals surface area contributed by atoms with Crippen LogP contribution in [0.5, 0.6) is 11.5 Å². The highest BCUT2D eigenvalue weighted by molar-refractivity contribution is 9.10. The van der Waals surface area contributed by atoms with Crippen LogP contribution in [0.3, 0.4) is 0 Å². The van der Waals surface area contributed by atoms with Crippen LogP contribution in [0.25, 0.3) is 6.08 Å². The van der Waals surface area contributed by atoms with Gasteiger partial charge < -0.3 is 14.8 Å². The number of nitrogens with one attached hydrogen (secondary N) is 1. The molecule has 0 aliphatic carbocycles. The van der Waals surface area contributed by atoms with E-state index in [0.29, 0.717) is 27.3 Å². The molecule has 7 heteroatoms. The van der Waals surface area contributed by atoms with E-state index in [2.05, 4.69) is 21.2 Å². The van der Waals surface area contributed by atoms with E-state index in [1.165, 1.54) is 11.8 Å². The van der Waals surface area contributed by atoms with Gasteiger partial charge in [0.05, 0.1) is 18.6 Å². The average Bonchev–Trinajstić information content (AvgIpc) is 2.71. The number of carbonyl (C=O) groups is 1. The molecule has 106 valence electrons. The van der Waals surface area contributed by atoms with Crippen LogP contribution in [0.1, 0.15) is 12.5 Å². The SMILES string of the molecule is CCOc1cc(Br)c(C=C2SC(=S)NC2=O)cc1OC. The fourth-order valence-electron chi connectivity index (χ4n) is 1.65. The molecule has 1 aromatic rings. The van der Waals surface area contributed by atoms with Crippen molar-refractivity contribution in [2.45, 2.75) is 6.92 Å². The van der Waals surface area contributed by atoms with Crippen LogP contribution < -0.4 is 14.8 Å². The summed E-state index contributed by atoms with van der Waals surface area (Å²) in [5, 5.41) is 2.58. The third-order valence-corrected chi connectivity index (χ3v) is 4.36. The number of hydrogen-bond donors (Lipinski definition) is 1. The number of rotatable bonds is 4. The third kappa shape index (κ3) is 3.34. The lowest BCUT2D eigenvalue weighted by Crippen LogP contribution is -2.17. The Morgan fingerprint density at radius 1 is 1.45 bits per heavy atom. The summed E-state index contributed by atoms with van der Waals surface area (Å²) >= 11 is 9.67. The summed E-state index contributed by atoms with van der Waals surface area (Å²) in [6, 6.07) is 3.64. The highest BCUT2D eigenvalue weighted by Crippen LogP contribution is 2.36. The van der Waals surface area contributed by atoms with Crippen molar-refractivity contribution in [2.75, 3.05) is 13.7 Å². The van der Waals surface area contributed by atoms with Gasteiger partial charge in [-0.1, -0.05) is 39.9 Å². The average molecular weight is 374 g/mol. The van der Waals surface area contributed by atoms with Gasteiger partial charge in [-0.25, -0.2) is 0 Å². The fraction of sp³-hybridized carbons (Fsp3) is 0.231. The van der Waals surface area contributed by atoms with E-state index in [1.54, 1.807) is 13.2 Å². The lowest BCUT2D eigenvalue weighted by atomic mass is 10.2. The molecular formula is C13H12BrNO3S2. The van der Waals surface area contributed by atoms with Crippen molar-refractivity contribution in [3.63, 3.8) is 0 Å². The third-order valence-electron chi connectivity index (χ3n) is 2.51. The molecule has 20 heavy (non-hydrogen) atoms. The summed E-state index contributed by atoms with van der Waals surface area (Å²) in [6.45, 7) is 2.46. The molecular weight excluding hydrogens is 362 g/mol. The minimum atomic E-state index is -0.181. The van der Waals surface area contributed by atoms with E-state index in [0.717, 1.165) is 10.0 Å². The predicted molar refractivity (Wildman–Crippen MR) is 88.2 cm³/mol. The highest BCUT2D eigenvalue weighted by atomic mass is 79.9. The zero-order chi connectivity index (χ0) is 14.7. The lowest BCUT2D eigenvalue weighted by Gasteiger charge is -2.11. The molecule has 2 rings (SSSR count). The van der Waals surface area contributed by atoms with Gasteiger partial charge >= 0.3 is 0 Å². The minimum Gasteiger partial charge on any atom is -0.493 e. The number of thiocarbonyl (C=S) groups is 1. The Bertz CT molecular complexity index is 602. The van der Waals surface area contributed by atoms with E-state index in [4.69, 9.17) is 21.7 Å². The molecule has 0 bridgehead atoms. The molecule has 4 nitrogen and oxygen atoms in total. The van der Waals surface area contributed by atoms with Gasteiger partial charge in [0, 0.05) is 4.47 Å². The quantitative estimate of drug-likeness (QED) is 0.647. The van der Waals surface area contributed by atoms with E-state index in [9.17, 15) is 4.79 Å². The second kappa shape index (κ2) is 6.60. The minimum absolute atomic E-state index is 0.181. The van der Waals surface area contributed by atoms with Crippen LogP contribution in [-0.2, 0) is 4.79 Å². The van der Waals surface area contributed by atoms with E-state index < -0.39 is 0 Å². The smallest absolute Gasteiger partial charge is 0.263 e. The zero-order valence-electron chi connectivity index (χ0n) is 10.9. The highest BCUT2D eigenvalue weighted by Gasteiger charge is 2.22. The maximum atomic E-state index is 11.7. The van der Waals surface area contributed by atoms with Crippen LogP contribution in [0.2, 0.25) is 0 Å². The normalized spacial score (nSPS) is 16.4. The lowest BCUT2D eigenvalue weighted by molar-refractivity contribution is -0.115. The number of hydrogen-bond acceptors (Lipinski definition) is 5. The van der Waals surface area contributed by atoms with Gasteiger partial charge in [-0.3, -0.25) is 4.79 Å². The van der Waals surface area contributed by atoms with Gasteiger partial charge in [0.2, 0.25) is 0 Å². The first-order valence-corrected chi connectivity index (χ1v) is 7.82. The van der Waals surface area contributed by atoms with Crippen molar-refractivity contribution in [3.05, 3.63) is 27.1 Å². The van der Waals surface area contributed by atoms with Crippen molar-refractivity contribution in [1.29, 1.82) is 0 Å². The molecule has 1 fully saturated rings. The Morgan fingerprint density at radius 2 is 2.20 bits per heavy atom. The standard InChI is InChI=1S/C13H12BrNO3S2/c1-3-18-10-6-8(14)7(4-9(10)17-2)5-11-12(16)15-13(19)20-11/h4-6H,3H2,1-2H3,(H,15,16,19). The topological polar surface area (TPSA) is 47.6 Å².